The highest BCUT2D eigenvalue weighted by Crippen LogP contribution is 2.24. The van der Waals surface area contributed by atoms with E-state index in [4.69, 9.17) is 0 Å². The summed E-state index contributed by atoms with van der Waals surface area (Å²) in [6.07, 6.45) is 6.55. The number of hydrogen-bond acceptors (Lipinski definition) is 4. The molecular weight excluding hydrogens is 406 g/mol. The molecule has 184 valence electrons. The van der Waals surface area contributed by atoms with E-state index in [9.17, 15) is 19.5 Å². The Morgan fingerprint density at radius 3 is 2.16 bits per heavy atom. The highest BCUT2D eigenvalue weighted by Gasteiger charge is 2.36. The molecule has 0 aromatic rings. The average Bonchev–Trinajstić information content (AvgIpc) is 2.75. The maximum Gasteiger partial charge on any atom is 0.331 e. The summed E-state index contributed by atoms with van der Waals surface area (Å²) in [6.45, 7) is 14.5. The van der Waals surface area contributed by atoms with Crippen LogP contribution in [0.5, 0.6) is 0 Å². The minimum absolute atomic E-state index is 0.0328. The lowest BCUT2D eigenvalue weighted by Crippen LogP contribution is -2.59. The van der Waals surface area contributed by atoms with E-state index in [-0.39, 0.29) is 41.3 Å². The highest BCUT2D eigenvalue weighted by molar-refractivity contribution is 5.90. The Morgan fingerprint density at radius 2 is 1.69 bits per heavy atom. The Labute approximate surface area is 194 Å². The van der Waals surface area contributed by atoms with Gasteiger partial charge in [0.05, 0.1) is 12.1 Å². The molecule has 0 aromatic heterocycles. The quantitative estimate of drug-likeness (QED) is 0.468. The predicted octanol–water partition coefficient (Wildman–Crippen LogP) is 3.68. The fourth-order valence-electron chi connectivity index (χ4n) is 4.64. The third-order valence-corrected chi connectivity index (χ3v) is 6.72. The number of piperidine rings is 1. The first-order chi connectivity index (χ1) is 15.0. The van der Waals surface area contributed by atoms with E-state index in [0.717, 1.165) is 38.6 Å². The second-order valence-electron chi connectivity index (χ2n) is 9.79. The van der Waals surface area contributed by atoms with Crippen LogP contribution in [0.25, 0.3) is 0 Å². The van der Waals surface area contributed by atoms with Gasteiger partial charge in [-0.2, -0.15) is 0 Å². The van der Waals surface area contributed by atoms with Gasteiger partial charge in [0.25, 0.3) is 0 Å². The SMILES string of the molecule is CCC(CC)N1CCCC[C@@H]1C(=O)N[C@H](C(=O)N(C)[C@H](/C=C(\C)C(=O)O)C(C)C)C(C)C. The van der Waals surface area contributed by atoms with Crippen molar-refractivity contribution < 1.29 is 19.5 Å². The summed E-state index contributed by atoms with van der Waals surface area (Å²) in [4.78, 5) is 42.0. The number of hydrogen-bond donors (Lipinski definition) is 2. The second-order valence-corrected chi connectivity index (χ2v) is 9.79. The molecule has 0 aliphatic carbocycles. The van der Waals surface area contributed by atoms with Gasteiger partial charge in [-0.3, -0.25) is 14.5 Å². The Hall–Kier alpha value is -1.89. The van der Waals surface area contributed by atoms with E-state index in [1.165, 1.54) is 6.92 Å². The van der Waals surface area contributed by atoms with Crippen LogP contribution >= 0.6 is 0 Å². The Morgan fingerprint density at radius 1 is 1.09 bits per heavy atom. The predicted molar refractivity (Wildman–Crippen MR) is 128 cm³/mol. The van der Waals surface area contributed by atoms with E-state index < -0.39 is 12.0 Å². The molecule has 2 N–H and O–H groups in total. The number of rotatable bonds is 11. The maximum atomic E-state index is 13.4. The number of carbonyl (C=O) groups excluding carboxylic acids is 2. The summed E-state index contributed by atoms with van der Waals surface area (Å²) >= 11 is 0. The topological polar surface area (TPSA) is 90.0 Å². The molecule has 0 spiro atoms. The number of carbonyl (C=O) groups is 3. The summed E-state index contributed by atoms with van der Waals surface area (Å²) in [6, 6.07) is -0.857. The van der Waals surface area contributed by atoms with E-state index >= 15 is 0 Å². The van der Waals surface area contributed by atoms with E-state index in [1.54, 1.807) is 18.0 Å². The van der Waals surface area contributed by atoms with Crippen LogP contribution in [-0.4, -0.2) is 70.4 Å². The number of carboxylic acids is 1. The first-order valence-corrected chi connectivity index (χ1v) is 12.2. The van der Waals surface area contributed by atoms with E-state index in [2.05, 4.69) is 24.1 Å². The minimum atomic E-state index is -0.996. The van der Waals surface area contributed by atoms with Gasteiger partial charge in [0, 0.05) is 18.7 Å². The van der Waals surface area contributed by atoms with Crippen molar-refractivity contribution in [1.82, 2.24) is 15.1 Å². The Kier molecular flexibility index (Phi) is 11.4. The minimum Gasteiger partial charge on any atom is -0.478 e. The lowest BCUT2D eigenvalue weighted by atomic mass is 9.94. The van der Waals surface area contributed by atoms with Crippen LogP contribution in [0.4, 0.5) is 0 Å². The third kappa shape index (κ3) is 7.32. The zero-order valence-corrected chi connectivity index (χ0v) is 21.4. The molecule has 1 heterocycles. The second kappa shape index (κ2) is 13.0. The summed E-state index contributed by atoms with van der Waals surface area (Å²) in [5.74, 6) is -1.31. The molecule has 3 atom stereocenters. The lowest BCUT2D eigenvalue weighted by Gasteiger charge is -2.41. The van der Waals surface area contributed by atoms with E-state index in [0.29, 0.717) is 6.04 Å². The van der Waals surface area contributed by atoms with Crippen molar-refractivity contribution in [2.24, 2.45) is 11.8 Å². The summed E-state index contributed by atoms with van der Waals surface area (Å²) in [5, 5.41) is 12.3. The molecule has 7 nitrogen and oxygen atoms in total. The third-order valence-electron chi connectivity index (χ3n) is 6.72. The molecule has 0 bridgehead atoms. The fourth-order valence-corrected chi connectivity index (χ4v) is 4.64. The number of likely N-dealkylation sites (N-methyl/N-ethyl adjacent to an activating group) is 1. The van der Waals surface area contributed by atoms with Gasteiger partial charge >= 0.3 is 5.97 Å². The molecule has 7 heteroatoms. The largest absolute Gasteiger partial charge is 0.478 e. The summed E-state index contributed by atoms with van der Waals surface area (Å²) in [5.41, 5.74) is 0.205. The molecule has 1 aliphatic heterocycles. The maximum absolute atomic E-state index is 13.4. The summed E-state index contributed by atoms with van der Waals surface area (Å²) in [7, 11) is 1.69. The summed E-state index contributed by atoms with van der Waals surface area (Å²) < 4.78 is 0. The van der Waals surface area contributed by atoms with Crippen LogP contribution in [0, 0.1) is 11.8 Å². The Balaban J connectivity index is 3.08. The number of nitrogens with one attached hydrogen (secondary N) is 1. The smallest absolute Gasteiger partial charge is 0.331 e. The molecule has 1 fully saturated rings. The van der Waals surface area contributed by atoms with Gasteiger partial charge < -0.3 is 15.3 Å². The van der Waals surface area contributed by atoms with Crippen molar-refractivity contribution in [3.63, 3.8) is 0 Å². The van der Waals surface area contributed by atoms with Crippen LogP contribution in [0.15, 0.2) is 11.6 Å². The first kappa shape index (κ1) is 28.1. The number of carboxylic acid groups (broad SMARTS) is 1. The molecule has 0 unspecified atom stereocenters. The fraction of sp³-hybridized carbons (Fsp3) is 0.800. The average molecular weight is 452 g/mol. The van der Waals surface area contributed by atoms with Crippen LogP contribution in [0.3, 0.4) is 0 Å². The van der Waals surface area contributed by atoms with Gasteiger partial charge in [-0.05, 0) is 51.0 Å². The van der Waals surface area contributed by atoms with Crippen LogP contribution in [0.2, 0.25) is 0 Å². The number of amides is 2. The molecule has 32 heavy (non-hydrogen) atoms. The van der Waals surface area contributed by atoms with E-state index in [1.807, 2.05) is 27.7 Å². The zero-order chi connectivity index (χ0) is 24.6. The monoisotopic (exact) mass is 451 g/mol. The van der Waals surface area contributed by atoms with Crippen LogP contribution < -0.4 is 5.32 Å². The number of nitrogens with zero attached hydrogens (tertiary/aromatic N) is 2. The number of likely N-dealkylation sites (tertiary alicyclic amines) is 1. The Bertz CT molecular complexity index is 670. The van der Waals surface area contributed by atoms with Gasteiger partial charge in [0.1, 0.15) is 6.04 Å². The van der Waals surface area contributed by atoms with Crippen molar-refractivity contribution in [3.8, 4) is 0 Å². The zero-order valence-electron chi connectivity index (χ0n) is 21.4. The first-order valence-electron chi connectivity index (χ1n) is 12.2. The molecule has 2 amide bonds. The van der Waals surface area contributed by atoms with Gasteiger partial charge in [0.15, 0.2) is 0 Å². The van der Waals surface area contributed by atoms with Crippen molar-refractivity contribution in [3.05, 3.63) is 11.6 Å². The molecule has 0 saturated carbocycles. The normalized spacial score (nSPS) is 19.8. The van der Waals surface area contributed by atoms with Gasteiger partial charge in [0.2, 0.25) is 11.8 Å². The van der Waals surface area contributed by atoms with Gasteiger partial charge in [-0.1, -0.05) is 54.0 Å². The van der Waals surface area contributed by atoms with Crippen molar-refractivity contribution in [2.45, 2.75) is 105 Å². The molecular formula is C25H45N3O4. The van der Waals surface area contributed by atoms with Crippen molar-refractivity contribution in [2.75, 3.05) is 13.6 Å². The van der Waals surface area contributed by atoms with Gasteiger partial charge in [-0.25, -0.2) is 4.79 Å². The molecule has 1 aliphatic rings. The lowest BCUT2D eigenvalue weighted by molar-refractivity contribution is -0.140. The van der Waals surface area contributed by atoms with Crippen LogP contribution in [0.1, 0.15) is 80.6 Å². The van der Waals surface area contributed by atoms with Crippen molar-refractivity contribution in [1.29, 1.82) is 0 Å². The standard InChI is InChI=1S/C25H45N3O4/c1-9-19(10-2)28-14-12-11-13-20(28)23(29)26-22(17(5)6)24(30)27(8)21(16(3)4)15-18(7)25(31)32/h15-17,19-22H,9-14H2,1-8H3,(H,26,29)(H,31,32)/b18-15+/t20-,21-,22+/m1/s1. The molecule has 1 rings (SSSR count). The highest BCUT2D eigenvalue weighted by atomic mass is 16.4. The van der Waals surface area contributed by atoms with Crippen molar-refractivity contribution >= 4 is 17.8 Å². The molecule has 0 aromatic carbocycles. The van der Waals surface area contributed by atoms with Crippen LogP contribution in [-0.2, 0) is 14.4 Å². The number of aliphatic carboxylic acids is 1. The molecule has 0 radical (unpaired) electrons. The molecule has 1 saturated heterocycles. The van der Waals surface area contributed by atoms with Gasteiger partial charge in [-0.15, -0.1) is 0 Å².